The maximum atomic E-state index is 12.3. The van der Waals surface area contributed by atoms with Gasteiger partial charge in [0.25, 0.3) is 0 Å². The highest BCUT2D eigenvalue weighted by atomic mass is 79.9. The number of halogens is 1. The van der Waals surface area contributed by atoms with Gasteiger partial charge in [-0.1, -0.05) is 28.1 Å². The normalized spacial score (nSPS) is 21.3. The van der Waals surface area contributed by atoms with Gasteiger partial charge in [0, 0.05) is 11.0 Å². The number of likely N-dealkylation sites (tertiary alicyclic amines) is 1. The van der Waals surface area contributed by atoms with Crippen molar-refractivity contribution < 1.29 is 19.4 Å². The Balaban J connectivity index is 2.08. The Morgan fingerprint density at radius 3 is 2.65 bits per heavy atom. The number of carboxylic acids is 1. The first-order valence-electron chi connectivity index (χ1n) is 7.62. The average molecular weight is 384 g/mol. The fourth-order valence-corrected chi connectivity index (χ4v) is 3.27. The molecule has 1 aliphatic heterocycles. The second kappa shape index (κ2) is 6.91. The van der Waals surface area contributed by atoms with Gasteiger partial charge in [0.15, 0.2) is 0 Å². The number of hydrogen-bond donors (Lipinski definition) is 1. The second-order valence-corrected chi connectivity index (χ2v) is 7.84. The summed E-state index contributed by atoms with van der Waals surface area (Å²) in [5.74, 6) is -0.870. The zero-order chi connectivity index (χ0) is 17.2. The van der Waals surface area contributed by atoms with E-state index in [2.05, 4.69) is 15.9 Å². The van der Waals surface area contributed by atoms with E-state index in [0.29, 0.717) is 13.0 Å². The summed E-state index contributed by atoms with van der Waals surface area (Å²) in [6.07, 6.45) is 0.630. The Labute approximate surface area is 144 Å². The molecule has 6 heteroatoms. The molecule has 0 bridgehead atoms. The fraction of sp³-hybridized carbons (Fsp3) is 0.529. The summed E-state index contributed by atoms with van der Waals surface area (Å²) in [6.45, 7) is 5.72. The lowest BCUT2D eigenvalue weighted by atomic mass is 9.97. The molecule has 1 aromatic rings. The summed E-state index contributed by atoms with van der Waals surface area (Å²) in [5, 5.41) is 9.40. The first kappa shape index (κ1) is 17.8. The molecule has 1 saturated heterocycles. The van der Waals surface area contributed by atoms with Gasteiger partial charge in [-0.25, -0.2) is 9.59 Å². The Morgan fingerprint density at radius 2 is 2.09 bits per heavy atom. The van der Waals surface area contributed by atoms with E-state index in [1.54, 1.807) is 20.8 Å². The van der Waals surface area contributed by atoms with Crippen LogP contribution in [0.4, 0.5) is 4.79 Å². The van der Waals surface area contributed by atoms with Gasteiger partial charge in [0.1, 0.15) is 11.6 Å². The first-order valence-corrected chi connectivity index (χ1v) is 8.42. The van der Waals surface area contributed by atoms with Gasteiger partial charge in [-0.2, -0.15) is 0 Å². The van der Waals surface area contributed by atoms with E-state index in [1.165, 1.54) is 4.90 Å². The Kier molecular flexibility index (Phi) is 5.34. The number of aliphatic carboxylic acids is 1. The van der Waals surface area contributed by atoms with E-state index >= 15 is 0 Å². The van der Waals surface area contributed by atoms with Gasteiger partial charge in [-0.3, -0.25) is 4.90 Å². The van der Waals surface area contributed by atoms with Gasteiger partial charge in [-0.05, 0) is 57.2 Å². The molecule has 0 aromatic heterocycles. The molecule has 1 amide bonds. The van der Waals surface area contributed by atoms with Crippen LogP contribution in [0.2, 0.25) is 0 Å². The third-order valence-corrected chi connectivity index (χ3v) is 4.21. The number of carbonyl (C=O) groups is 2. The number of hydrogen-bond acceptors (Lipinski definition) is 3. The van der Waals surface area contributed by atoms with Crippen LogP contribution in [-0.2, 0) is 16.0 Å². The summed E-state index contributed by atoms with van der Waals surface area (Å²) < 4.78 is 6.33. The molecule has 0 saturated carbocycles. The minimum absolute atomic E-state index is 0.109. The number of rotatable bonds is 3. The third kappa shape index (κ3) is 4.96. The molecule has 2 atom stereocenters. The van der Waals surface area contributed by atoms with Gasteiger partial charge in [-0.15, -0.1) is 0 Å². The minimum Gasteiger partial charge on any atom is -0.480 e. The Bertz CT molecular complexity index is 597. The molecule has 0 spiro atoms. The molecule has 0 unspecified atom stereocenters. The van der Waals surface area contributed by atoms with E-state index in [-0.39, 0.29) is 5.92 Å². The third-order valence-electron chi connectivity index (χ3n) is 3.71. The van der Waals surface area contributed by atoms with Crippen LogP contribution in [-0.4, -0.2) is 40.3 Å². The van der Waals surface area contributed by atoms with E-state index in [0.717, 1.165) is 16.5 Å². The van der Waals surface area contributed by atoms with E-state index in [4.69, 9.17) is 4.74 Å². The zero-order valence-corrected chi connectivity index (χ0v) is 15.2. The molecule has 1 aromatic carbocycles. The molecule has 1 heterocycles. The van der Waals surface area contributed by atoms with Gasteiger partial charge in [0.2, 0.25) is 0 Å². The van der Waals surface area contributed by atoms with Gasteiger partial charge in [0.05, 0.1) is 0 Å². The van der Waals surface area contributed by atoms with Crippen molar-refractivity contribution in [2.45, 2.75) is 45.3 Å². The van der Waals surface area contributed by atoms with Crippen molar-refractivity contribution in [1.82, 2.24) is 4.90 Å². The van der Waals surface area contributed by atoms with Crippen LogP contribution >= 0.6 is 15.9 Å². The average Bonchev–Trinajstić information content (AvgIpc) is 2.81. The smallest absolute Gasteiger partial charge is 0.411 e. The lowest BCUT2D eigenvalue weighted by Crippen LogP contribution is -2.43. The highest BCUT2D eigenvalue weighted by molar-refractivity contribution is 9.10. The predicted octanol–water partition coefficient (Wildman–Crippen LogP) is 3.70. The van der Waals surface area contributed by atoms with Crippen molar-refractivity contribution in [1.29, 1.82) is 0 Å². The Morgan fingerprint density at radius 1 is 1.39 bits per heavy atom. The molecule has 0 aliphatic carbocycles. The van der Waals surface area contributed by atoms with E-state index in [9.17, 15) is 14.7 Å². The monoisotopic (exact) mass is 383 g/mol. The van der Waals surface area contributed by atoms with Gasteiger partial charge >= 0.3 is 12.1 Å². The van der Waals surface area contributed by atoms with Crippen LogP contribution < -0.4 is 0 Å². The Hall–Kier alpha value is -1.56. The molecule has 5 nitrogen and oxygen atoms in total. The number of ether oxygens (including phenoxy) is 1. The first-order chi connectivity index (χ1) is 10.7. The van der Waals surface area contributed by atoms with Crippen LogP contribution in [0.1, 0.15) is 32.8 Å². The molecule has 126 valence electrons. The van der Waals surface area contributed by atoms with Crippen LogP contribution in [0.25, 0.3) is 0 Å². The van der Waals surface area contributed by atoms with Crippen molar-refractivity contribution in [3.63, 3.8) is 0 Å². The summed E-state index contributed by atoms with van der Waals surface area (Å²) in [6, 6.07) is 7.12. The molecular weight excluding hydrogens is 362 g/mol. The van der Waals surface area contributed by atoms with Crippen LogP contribution in [0.5, 0.6) is 0 Å². The van der Waals surface area contributed by atoms with Crippen molar-refractivity contribution in [3.05, 3.63) is 34.3 Å². The number of benzene rings is 1. The maximum absolute atomic E-state index is 12.3. The summed E-state index contributed by atoms with van der Waals surface area (Å²) in [7, 11) is 0. The SMILES string of the molecule is CC(C)(C)OC(=O)N1C[C@@H](Cc2cccc(Br)c2)C[C@@H]1C(=O)O. The predicted molar refractivity (Wildman–Crippen MR) is 90.3 cm³/mol. The highest BCUT2D eigenvalue weighted by Gasteiger charge is 2.41. The van der Waals surface area contributed by atoms with Crippen molar-refractivity contribution >= 4 is 28.0 Å². The lowest BCUT2D eigenvalue weighted by Gasteiger charge is -2.26. The molecule has 2 rings (SSSR count). The number of amides is 1. The van der Waals surface area contributed by atoms with Crippen molar-refractivity contribution in [2.75, 3.05) is 6.54 Å². The molecule has 1 aliphatic rings. The lowest BCUT2D eigenvalue weighted by molar-refractivity contribution is -0.142. The zero-order valence-electron chi connectivity index (χ0n) is 13.6. The highest BCUT2D eigenvalue weighted by Crippen LogP contribution is 2.29. The number of carboxylic acid groups (broad SMARTS) is 1. The summed E-state index contributed by atoms with van der Waals surface area (Å²) in [5.41, 5.74) is 0.488. The second-order valence-electron chi connectivity index (χ2n) is 6.92. The number of nitrogens with zero attached hydrogens (tertiary/aromatic N) is 1. The molecule has 0 radical (unpaired) electrons. The fourth-order valence-electron chi connectivity index (χ4n) is 2.82. The molecular formula is C17H22BrNO4. The standard InChI is InChI=1S/C17H22BrNO4/c1-17(2,3)23-16(22)19-10-12(9-14(19)15(20)21)7-11-5-4-6-13(18)8-11/h4-6,8,12,14H,7,9-10H2,1-3H3,(H,20,21)/t12-,14+/m0/s1. The number of carbonyl (C=O) groups excluding carboxylic acids is 1. The molecule has 23 heavy (non-hydrogen) atoms. The quantitative estimate of drug-likeness (QED) is 0.863. The summed E-state index contributed by atoms with van der Waals surface area (Å²) in [4.78, 5) is 25.1. The van der Waals surface area contributed by atoms with Crippen molar-refractivity contribution in [3.8, 4) is 0 Å². The van der Waals surface area contributed by atoms with E-state index in [1.807, 2.05) is 24.3 Å². The minimum atomic E-state index is -0.979. The van der Waals surface area contributed by atoms with Crippen LogP contribution in [0.15, 0.2) is 28.7 Å². The molecule has 1 fully saturated rings. The summed E-state index contributed by atoms with van der Waals surface area (Å²) >= 11 is 3.44. The van der Waals surface area contributed by atoms with Crippen LogP contribution in [0, 0.1) is 5.92 Å². The maximum Gasteiger partial charge on any atom is 0.411 e. The van der Waals surface area contributed by atoms with Gasteiger partial charge < -0.3 is 9.84 Å². The largest absolute Gasteiger partial charge is 0.480 e. The molecule has 1 N–H and O–H groups in total. The topological polar surface area (TPSA) is 66.8 Å². The van der Waals surface area contributed by atoms with E-state index < -0.39 is 23.7 Å². The van der Waals surface area contributed by atoms with Crippen molar-refractivity contribution in [2.24, 2.45) is 5.92 Å². The van der Waals surface area contributed by atoms with Crippen LogP contribution in [0.3, 0.4) is 0 Å².